The van der Waals surface area contributed by atoms with Gasteiger partial charge in [0.2, 0.25) is 5.91 Å². The Bertz CT molecular complexity index is 376. The van der Waals surface area contributed by atoms with Crippen LogP contribution in [-0.2, 0) is 4.79 Å². The van der Waals surface area contributed by atoms with Crippen LogP contribution in [0.5, 0.6) is 0 Å². The molecule has 0 radical (unpaired) electrons. The van der Waals surface area contributed by atoms with Crippen LogP contribution in [0.4, 0.5) is 17.1 Å². The van der Waals surface area contributed by atoms with E-state index >= 15 is 0 Å². The van der Waals surface area contributed by atoms with Gasteiger partial charge in [-0.15, -0.1) is 0 Å². The van der Waals surface area contributed by atoms with Crippen LogP contribution in [0.15, 0.2) is 18.2 Å². The number of nitrogens with two attached hydrogens (primary N) is 1. The summed E-state index contributed by atoms with van der Waals surface area (Å²) >= 11 is 0. The lowest BCUT2D eigenvalue weighted by Gasteiger charge is -2.09. The van der Waals surface area contributed by atoms with Crippen LogP contribution >= 0.6 is 0 Å². The predicted molar refractivity (Wildman–Crippen MR) is 57.1 cm³/mol. The van der Waals surface area contributed by atoms with Crippen molar-refractivity contribution in [3.8, 4) is 0 Å². The van der Waals surface area contributed by atoms with Gasteiger partial charge in [0.1, 0.15) is 0 Å². The molecule has 1 aromatic carbocycles. The summed E-state index contributed by atoms with van der Waals surface area (Å²) < 4.78 is 0. The van der Waals surface area contributed by atoms with Gasteiger partial charge in [-0.05, 0) is 12.1 Å². The van der Waals surface area contributed by atoms with E-state index < -0.39 is 0 Å². The number of hydrogen-bond acceptors (Lipinski definition) is 3. The molecular weight excluding hydrogens is 178 g/mol. The molecule has 1 atom stereocenters. The Morgan fingerprint density at radius 3 is 3.07 bits per heavy atom. The fourth-order valence-corrected chi connectivity index (χ4v) is 1.46. The number of amides is 1. The lowest BCUT2D eigenvalue weighted by Crippen LogP contribution is -2.22. The lowest BCUT2D eigenvalue weighted by atomic mass is 10.2. The largest absolute Gasteiger partial charge is 0.397 e. The summed E-state index contributed by atoms with van der Waals surface area (Å²) in [6.45, 7) is 2.52. The van der Waals surface area contributed by atoms with Crippen molar-refractivity contribution in [3.63, 3.8) is 0 Å². The van der Waals surface area contributed by atoms with Gasteiger partial charge in [-0.3, -0.25) is 4.79 Å². The number of para-hydroxylation sites is 1. The van der Waals surface area contributed by atoms with Crippen molar-refractivity contribution in [3.05, 3.63) is 18.2 Å². The third kappa shape index (κ3) is 1.39. The topological polar surface area (TPSA) is 67.2 Å². The molecule has 2 rings (SSSR count). The number of carbonyl (C=O) groups is 1. The molecule has 0 aliphatic carbocycles. The maximum atomic E-state index is 11.5. The molecule has 0 bridgehead atoms. The molecular formula is C10H13N3O. The van der Waals surface area contributed by atoms with E-state index in [9.17, 15) is 4.79 Å². The third-order valence-electron chi connectivity index (χ3n) is 2.39. The molecule has 1 aromatic rings. The number of rotatable bonds is 0. The smallest absolute Gasteiger partial charge is 0.229 e. The van der Waals surface area contributed by atoms with Gasteiger partial charge in [0.15, 0.2) is 0 Å². The number of nitrogen functional groups attached to an aromatic ring is 1. The fraction of sp³-hybridized carbons (Fsp3) is 0.300. The summed E-state index contributed by atoms with van der Waals surface area (Å²) in [6.07, 6.45) is 0. The molecule has 1 heterocycles. The maximum absolute atomic E-state index is 11.5. The number of anilines is 3. The zero-order chi connectivity index (χ0) is 10.1. The molecule has 74 valence electrons. The van der Waals surface area contributed by atoms with Gasteiger partial charge in [-0.1, -0.05) is 13.0 Å². The minimum Gasteiger partial charge on any atom is -0.397 e. The van der Waals surface area contributed by atoms with Crippen LogP contribution in [0.3, 0.4) is 0 Å². The first-order chi connectivity index (χ1) is 6.68. The van der Waals surface area contributed by atoms with E-state index in [0.29, 0.717) is 17.9 Å². The highest BCUT2D eigenvalue weighted by atomic mass is 16.1. The first-order valence-electron chi connectivity index (χ1n) is 4.61. The highest BCUT2D eigenvalue weighted by Gasteiger charge is 2.20. The molecule has 14 heavy (non-hydrogen) atoms. The van der Waals surface area contributed by atoms with Gasteiger partial charge in [0, 0.05) is 6.54 Å². The van der Waals surface area contributed by atoms with Crippen molar-refractivity contribution in [1.29, 1.82) is 0 Å². The van der Waals surface area contributed by atoms with Crippen LogP contribution in [0.2, 0.25) is 0 Å². The molecule has 0 saturated carbocycles. The summed E-state index contributed by atoms with van der Waals surface area (Å²) in [5.74, 6) is -0.0315. The Kier molecular flexibility index (Phi) is 2.04. The van der Waals surface area contributed by atoms with Crippen LogP contribution < -0.4 is 16.4 Å². The number of nitrogens with one attached hydrogen (secondary N) is 2. The van der Waals surface area contributed by atoms with Crippen LogP contribution in [0.1, 0.15) is 6.92 Å². The average molecular weight is 191 g/mol. The summed E-state index contributed by atoms with van der Waals surface area (Å²) in [4.78, 5) is 11.5. The van der Waals surface area contributed by atoms with Crippen molar-refractivity contribution in [1.82, 2.24) is 0 Å². The van der Waals surface area contributed by atoms with E-state index in [4.69, 9.17) is 5.73 Å². The molecule has 4 nitrogen and oxygen atoms in total. The van der Waals surface area contributed by atoms with Gasteiger partial charge in [-0.2, -0.15) is 0 Å². The predicted octanol–water partition coefficient (Wildman–Crippen LogP) is 1.27. The summed E-state index contributed by atoms with van der Waals surface area (Å²) in [5, 5.41) is 6.00. The highest BCUT2D eigenvalue weighted by molar-refractivity contribution is 6.00. The molecule has 0 aromatic heterocycles. The zero-order valence-electron chi connectivity index (χ0n) is 8.00. The average Bonchev–Trinajstić information content (AvgIpc) is 2.30. The minimum atomic E-state index is -0.0400. The van der Waals surface area contributed by atoms with E-state index in [1.54, 1.807) is 6.07 Å². The molecule has 1 amide bonds. The van der Waals surface area contributed by atoms with Crippen LogP contribution in [0, 0.1) is 5.92 Å². The minimum absolute atomic E-state index is 0.00847. The Morgan fingerprint density at radius 2 is 2.29 bits per heavy atom. The molecule has 4 heteroatoms. The Balaban J connectivity index is 2.43. The first-order valence-corrected chi connectivity index (χ1v) is 4.61. The molecule has 1 aliphatic rings. The second-order valence-electron chi connectivity index (χ2n) is 3.54. The van der Waals surface area contributed by atoms with E-state index in [-0.39, 0.29) is 11.8 Å². The van der Waals surface area contributed by atoms with Gasteiger partial charge in [0.25, 0.3) is 0 Å². The Hall–Kier alpha value is -1.71. The van der Waals surface area contributed by atoms with Gasteiger partial charge < -0.3 is 16.4 Å². The quantitative estimate of drug-likeness (QED) is 0.541. The number of carbonyl (C=O) groups excluding carboxylic acids is 1. The second-order valence-corrected chi connectivity index (χ2v) is 3.54. The van der Waals surface area contributed by atoms with E-state index in [0.717, 1.165) is 5.69 Å². The molecule has 0 fully saturated rings. The highest BCUT2D eigenvalue weighted by Crippen LogP contribution is 2.30. The van der Waals surface area contributed by atoms with Crippen molar-refractivity contribution in [2.24, 2.45) is 5.92 Å². The van der Waals surface area contributed by atoms with Crippen molar-refractivity contribution in [2.75, 3.05) is 22.9 Å². The van der Waals surface area contributed by atoms with Gasteiger partial charge in [0.05, 0.1) is 23.0 Å². The van der Waals surface area contributed by atoms with Crippen LogP contribution in [0.25, 0.3) is 0 Å². The summed E-state index contributed by atoms with van der Waals surface area (Å²) in [5.41, 5.74) is 7.95. The van der Waals surface area contributed by atoms with E-state index in [2.05, 4.69) is 10.6 Å². The standard InChI is InChI=1S/C10H13N3O/c1-6-5-12-8-4-2-3-7(11)9(8)13-10(6)14/h2-4,6,12H,5,11H2,1H3,(H,13,14). The molecule has 1 aliphatic heterocycles. The van der Waals surface area contributed by atoms with Crippen molar-refractivity contribution in [2.45, 2.75) is 6.92 Å². The Labute approximate surface area is 82.5 Å². The van der Waals surface area contributed by atoms with Gasteiger partial charge >= 0.3 is 0 Å². The van der Waals surface area contributed by atoms with Crippen molar-refractivity contribution >= 4 is 23.0 Å². The zero-order valence-corrected chi connectivity index (χ0v) is 8.00. The van der Waals surface area contributed by atoms with Crippen LogP contribution in [-0.4, -0.2) is 12.5 Å². The first kappa shape index (κ1) is 8.87. The summed E-state index contributed by atoms with van der Waals surface area (Å²) in [7, 11) is 0. The van der Waals surface area contributed by atoms with E-state index in [1.165, 1.54) is 0 Å². The Morgan fingerprint density at radius 1 is 1.50 bits per heavy atom. The second kappa shape index (κ2) is 3.21. The monoisotopic (exact) mass is 191 g/mol. The number of fused-ring (bicyclic) bond motifs is 1. The summed E-state index contributed by atoms with van der Waals surface area (Å²) in [6, 6.07) is 5.55. The fourth-order valence-electron chi connectivity index (χ4n) is 1.46. The maximum Gasteiger partial charge on any atom is 0.229 e. The third-order valence-corrected chi connectivity index (χ3v) is 2.39. The van der Waals surface area contributed by atoms with E-state index in [1.807, 2.05) is 19.1 Å². The number of benzene rings is 1. The van der Waals surface area contributed by atoms with Gasteiger partial charge in [-0.25, -0.2) is 0 Å². The molecule has 4 N–H and O–H groups in total. The molecule has 0 spiro atoms. The lowest BCUT2D eigenvalue weighted by molar-refractivity contribution is -0.118. The van der Waals surface area contributed by atoms with Crippen molar-refractivity contribution < 1.29 is 4.79 Å². The molecule has 1 unspecified atom stereocenters. The number of hydrogen-bond donors (Lipinski definition) is 3. The molecule has 0 saturated heterocycles. The SMILES string of the molecule is CC1CNc2cccc(N)c2NC1=O. The normalized spacial score (nSPS) is 20.4.